The topological polar surface area (TPSA) is 93.7 Å². The Hall–Kier alpha value is -3.35. The molecule has 0 fully saturated rings. The average Bonchev–Trinajstić information content (AvgIpc) is 2.66. The molecule has 0 aliphatic carbocycles. The Labute approximate surface area is 150 Å². The third kappa shape index (κ3) is 4.00. The molecule has 2 aromatic rings. The number of nitrogens with one attached hydrogen (secondary N) is 2. The first-order valence-corrected chi connectivity index (χ1v) is 8.22. The largest absolute Gasteiger partial charge is 0.482 e. The van der Waals surface area contributed by atoms with Crippen molar-refractivity contribution in [2.75, 3.05) is 23.8 Å². The summed E-state index contributed by atoms with van der Waals surface area (Å²) in [6.07, 6.45) is 0.756. The summed E-state index contributed by atoms with van der Waals surface area (Å²) in [6.45, 7) is 2.26. The van der Waals surface area contributed by atoms with Crippen molar-refractivity contribution in [3.63, 3.8) is 0 Å². The quantitative estimate of drug-likeness (QED) is 0.805. The molecule has 2 N–H and O–H groups in total. The van der Waals surface area contributed by atoms with E-state index in [4.69, 9.17) is 9.47 Å². The maximum atomic E-state index is 12.4. The second-order valence-electron chi connectivity index (χ2n) is 5.72. The fourth-order valence-electron chi connectivity index (χ4n) is 2.40. The van der Waals surface area contributed by atoms with E-state index in [0.717, 1.165) is 6.42 Å². The van der Waals surface area contributed by atoms with Crippen molar-refractivity contribution >= 4 is 29.2 Å². The lowest BCUT2D eigenvalue weighted by Crippen LogP contribution is -2.25. The summed E-state index contributed by atoms with van der Waals surface area (Å²) in [5, 5.41) is 5.40. The van der Waals surface area contributed by atoms with Crippen LogP contribution in [0.25, 0.3) is 0 Å². The molecule has 7 nitrogen and oxygen atoms in total. The number of fused-ring (bicyclic) bond motifs is 1. The molecule has 0 atom stereocenters. The van der Waals surface area contributed by atoms with Crippen molar-refractivity contribution < 1.29 is 23.9 Å². The number of carbonyl (C=O) groups excluding carboxylic acids is 3. The number of ether oxygens (including phenoxy) is 2. The van der Waals surface area contributed by atoms with Gasteiger partial charge in [0.05, 0.1) is 17.9 Å². The lowest BCUT2D eigenvalue weighted by atomic mass is 10.1. The number of hydrogen-bond acceptors (Lipinski definition) is 5. The standard InChI is InChI=1S/C19H18N2O5/c1-2-9-25-19(24)12-3-6-14(7-4-12)20-18(23)13-5-8-16-15(10-13)21-17(22)11-26-16/h3-8,10H,2,9,11H2,1H3,(H,20,23)(H,21,22). The highest BCUT2D eigenvalue weighted by atomic mass is 16.5. The van der Waals surface area contributed by atoms with Crippen LogP contribution in [-0.2, 0) is 9.53 Å². The summed E-state index contributed by atoms with van der Waals surface area (Å²) in [6, 6.07) is 11.2. The molecule has 0 bridgehead atoms. The lowest BCUT2D eigenvalue weighted by molar-refractivity contribution is -0.118. The predicted octanol–water partition coefficient (Wildman–Crippen LogP) is 2.84. The van der Waals surface area contributed by atoms with E-state index in [1.54, 1.807) is 42.5 Å². The molecule has 134 valence electrons. The summed E-state index contributed by atoms with van der Waals surface area (Å²) < 4.78 is 10.3. The highest BCUT2D eigenvalue weighted by Gasteiger charge is 2.18. The second kappa shape index (κ2) is 7.69. The first-order chi connectivity index (χ1) is 12.6. The van der Waals surface area contributed by atoms with Crippen LogP contribution in [0.3, 0.4) is 0 Å². The minimum absolute atomic E-state index is 0.0361. The van der Waals surface area contributed by atoms with Gasteiger partial charge in [0.1, 0.15) is 5.75 Å². The molecule has 1 aliphatic heterocycles. The SMILES string of the molecule is CCCOC(=O)c1ccc(NC(=O)c2ccc3c(c2)NC(=O)CO3)cc1. The van der Waals surface area contributed by atoms with Gasteiger partial charge in [-0.15, -0.1) is 0 Å². The third-order valence-corrected chi connectivity index (χ3v) is 3.69. The van der Waals surface area contributed by atoms with Gasteiger partial charge in [-0.1, -0.05) is 6.92 Å². The zero-order chi connectivity index (χ0) is 18.5. The van der Waals surface area contributed by atoms with Crippen LogP contribution in [0.2, 0.25) is 0 Å². The molecule has 3 rings (SSSR count). The molecule has 0 spiro atoms. The van der Waals surface area contributed by atoms with Crippen LogP contribution in [0.4, 0.5) is 11.4 Å². The minimum Gasteiger partial charge on any atom is -0.482 e. The number of rotatable bonds is 5. The molecule has 0 radical (unpaired) electrons. The maximum Gasteiger partial charge on any atom is 0.338 e. The Balaban J connectivity index is 1.67. The van der Waals surface area contributed by atoms with Crippen LogP contribution >= 0.6 is 0 Å². The molecule has 7 heteroatoms. The zero-order valence-corrected chi connectivity index (χ0v) is 14.2. The normalized spacial score (nSPS) is 12.4. The Morgan fingerprint density at radius 3 is 2.62 bits per heavy atom. The van der Waals surface area contributed by atoms with Crippen LogP contribution in [0.5, 0.6) is 5.75 Å². The van der Waals surface area contributed by atoms with Gasteiger partial charge in [0.25, 0.3) is 11.8 Å². The lowest BCUT2D eigenvalue weighted by Gasteiger charge is -2.18. The fourth-order valence-corrected chi connectivity index (χ4v) is 2.40. The highest BCUT2D eigenvalue weighted by molar-refractivity contribution is 6.06. The van der Waals surface area contributed by atoms with Crippen LogP contribution < -0.4 is 15.4 Å². The van der Waals surface area contributed by atoms with E-state index < -0.39 is 5.97 Å². The summed E-state index contributed by atoms with van der Waals surface area (Å²) in [4.78, 5) is 35.5. The van der Waals surface area contributed by atoms with E-state index in [2.05, 4.69) is 10.6 Å². The first kappa shape index (κ1) is 17.5. The first-order valence-electron chi connectivity index (χ1n) is 8.22. The van der Waals surface area contributed by atoms with Gasteiger partial charge in [-0.2, -0.15) is 0 Å². The fraction of sp³-hybridized carbons (Fsp3) is 0.211. The zero-order valence-electron chi connectivity index (χ0n) is 14.2. The van der Waals surface area contributed by atoms with Crippen LogP contribution in [-0.4, -0.2) is 31.0 Å². The van der Waals surface area contributed by atoms with Gasteiger partial charge >= 0.3 is 5.97 Å². The number of carbonyl (C=O) groups is 3. The van der Waals surface area contributed by atoms with Gasteiger partial charge in [-0.05, 0) is 48.9 Å². The smallest absolute Gasteiger partial charge is 0.338 e. The maximum absolute atomic E-state index is 12.4. The molecule has 1 aliphatic rings. The molecule has 26 heavy (non-hydrogen) atoms. The minimum atomic E-state index is -0.393. The van der Waals surface area contributed by atoms with Gasteiger partial charge in [0.2, 0.25) is 0 Å². The number of anilines is 2. The Kier molecular flexibility index (Phi) is 5.17. The molecule has 2 amide bonds. The second-order valence-corrected chi connectivity index (χ2v) is 5.72. The summed E-state index contributed by atoms with van der Waals surface area (Å²) in [7, 11) is 0. The van der Waals surface area contributed by atoms with E-state index in [0.29, 0.717) is 34.9 Å². The highest BCUT2D eigenvalue weighted by Crippen LogP contribution is 2.28. The van der Waals surface area contributed by atoms with Crippen molar-refractivity contribution in [2.45, 2.75) is 13.3 Å². The van der Waals surface area contributed by atoms with E-state index in [1.165, 1.54) is 0 Å². The van der Waals surface area contributed by atoms with Crippen LogP contribution in [0.1, 0.15) is 34.1 Å². The number of esters is 1. The molecule has 0 aromatic heterocycles. The molecule has 0 saturated heterocycles. The Morgan fingerprint density at radius 1 is 1.15 bits per heavy atom. The summed E-state index contributed by atoms with van der Waals surface area (Å²) >= 11 is 0. The third-order valence-electron chi connectivity index (χ3n) is 3.69. The van der Waals surface area contributed by atoms with Crippen LogP contribution in [0, 0.1) is 0 Å². The van der Waals surface area contributed by atoms with Gasteiger partial charge in [0.15, 0.2) is 6.61 Å². The molecular formula is C19H18N2O5. The Bertz CT molecular complexity index is 846. The molecule has 2 aromatic carbocycles. The van der Waals surface area contributed by atoms with Crippen molar-refractivity contribution in [1.29, 1.82) is 0 Å². The van der Waals surface area contributed by atoms with Crippen molar-refractivity contribution in [3.05, 3.63) is 53.6 Å². The number of hydrogen-bond donors (Lipinski definition) is 2. The molecule has 1 heterocycles. The van der Waals surface area contributed by atoms with E-state index in [-0.39, 0.29) is 18.4 Å². The summed E-state index contributed by atoms with van der Waals surface area (Å²) in [5.74, 6) is -0.471. The van der Waals surface area contributed by atoms with Crippen molar-refractivity contribution in [2.24, 2.45) is 0 Å². The number of amides is 2. The van der Waals surface area contributed by atoms with E-state index in [9.17, 15) is 14.4 Å². The van der Waals surface area contributed by atoms with E-state index in [1.807, 2.05) is 6.92 Å². The van der Waals surface area contributed by atoms with E-state index >= 15 is 0 Å². The van der Waals surface area contributed by atoms with Gasteiger partial charge in [-0.25, -0.2) is 4.79 Å². The van der Waals surface area contributed by atoms with Crippen LogP contribution in [0.15, 0.2) is 42.5 Å². The van der Waals surface area contributed by atoms with Gasteiger partial charge in [0, 0.05) is 11.3 Å². The average molecular weight is 354 g/mol. The molecule has 0 saturated carbocycles. The van der Waals surface area contributed by atoms with Crippen molar-refractivity contribution in [1.82, 2.24) is 0 Å². The van der Waals surface area contributed by atoms with Crippen molar-refractivity contribution in [3.8, 4) is 5.75 Å². The monoisotopic (exact) mass is 354 g/mol. The van der Waals surface area contributed by atoms with Gasteiger partial charge < -0.3 is 20.1 Å². The molecular weight excluding hydrogens is 336 g/mol. The summed E-state index contributed by atoms with van der Waals surface area (Å²) in [5.41, 5.74) is 1.80. The Morgan fingerprint density at radius 2 is 1.88 bits per heavy atom. The predicted molar refractivity (Wildman–Crippen MR) is 95.5 cm³/mol. The molecule has 0 unspecified atom stereocenters. The number of benzene rings is 2. The van der Waals surface area contributed by atoms with Gasteiger partial charge in [-0.3, -0.25) is 9.59 Å².